The molecule has 4 aliphatic rings. The van der Waals surface area contributed by atoms with Gasteiger partial charge in [-0.25, -0.2) is 0 Å². The summed E-state index contributed by atoms with van der Waals surface area (Å²) in [5.74, 6) is 0. The molecule has 0 aliphatic carbocycles. The molecule has 0 radical (unpaired) electrons. The standard InChI is InChI=1S/C23H40O19/c1-5-9(27)12(30)15(33)22(37-5)42-19-13(31)11(29)7(2-24)39-23(19)41-18-16(34)20(35)38-8(3-25)17(18)40-21-14(32)10(28)6(26)4-36-21/h5-35H,2-4H2,1H3/t5-,6+,7+,8+,9-,10-,11+,12+,13-,14+,15+,16+,17+,18+,19+,20?,21-,22-,23-/m0/s1. The van der Waals surface area contributed by atoms with Gasteiger partial charge in [-0.15, -0.1) is 0 Å². The summed E-state index contributed by atoms with van der Waals surface area (Å²) in [7, 11) is 0. The Morgan fingerprint density at radius 2 is 1.12 bits per heavy atom. The molecule has 0 bridgehead atoms. The van der Waals surface area contributed by atoms with Crippen molar-refractivity contribution in [2.24, 2.45) is 0 Å². The van der Waals surface area contributed by atoms with E-state index in [0.29, 0.717) is 0 Å². The van der Waals surface area contributed by atoms with Gasteiger partial charge in [-0.1, -0.05) is 0 Å². The normalized spacial score (nSPS) is 54.1. The fourth-order valence-corrected chi connectivity index (χ4v) is 5.18. The summed E-state index contributed by atoms with van der Waals surface area (Å²) < 4.78 is 38.5. The molecule has 4 saturated heterocycles. The molecule has 19 heteroatoms. The molecule has 4 rings (SSSR count). The molecular formula is C23H40O19. The van der Waals surface area contributed by atoms with E-state index >= 15 is 0 Å². The first-order valence-electron chi connectivity index (χ1n) is 13.4. The number of aliphatic hydroxyl groups excluding tert-OH is 12. The van der Waals surface area contributed by atoms with Gasteiger partial charge in [0.05, 0.1) is 25.9 Å². The fraction of sp³-hybridized carbons (Fsp3) is 1.00. The maximum Gasteiger partial charge on any atom is 0.187 e. The Bertz CT molecular complexity index is 855. The van der Waals surface area contributed by atoms with Crippen LogP contribution in [0.4, 0.5) is 0 Å². The minimum atomic E-state index is -1.98. The van der Waals surface area contributed by atoms with E-state index in [4.69, 9.17) is 33.2 Å². The lowest BCUT2D eigenvalue weighted by Gasteiger charge is -2.49. The molecule has 0 aromatic heterocycles. The van der Waals surface area contributed by atoms with Crippen molar-refractivity contribution in [3.63, 3.8) is 0 Å². The molecule has 0 amide bonds. The Hall–Kier alpha value is -0.760. The minimum Gasteiger partial charge on any atom is -0.394 e. The monoisotopic (exact) mass is 620 g/mol. The van der Waals surface area contributed by atoms with Gasteiger partial charge in [0.1, 0.15) is 85.5 Å². The highest BCUT2D eigenvalue weighted by atomic mass is 16.8. The van der Waals surface area contributed by atoms with E-state index in [1.807, 2.05) is 0 Å². The van der Waals surface area contributed by atoms with Crippen molar-refractivity contribution in [1.82, 2.24) is 0 Å². The van der Waals surface area contributed by atoms with Gasteiger partial charge in [-0.2, -0.15) is 0 Å². The Labute approximate surface area is 238 Å². The van der Waals surface area contributed by atoms with Crippen LogP contribution in [-0.4, -0.2) is 198 Å². The van der Waals surface area contributed by atoms with Crippen LogP contribution in [0.15, 0.2) is 0 Å². The van der Waals surface area contributed by atoms with Crippen molar-refractivity contribution in [3.05, 3.63) is 0 Å². The topological polar surface area (TPSA) is 307 Å². The van der Waals surface area contributed by atoms with Gasteiger partial charge in [-0.05, 0) is 6.92 Å². The molecule has 4 aliphatic heterocycles. The van der Waals surface area contributed by atoms with Crippen LogP contribution >= 0.6 is 0 Å². The zero-order chi connectivity index (χ0) is 31.0. The third-order valence-electron chi connectivity index (χ3n) is 7.77. The first kappa shape index (κ1) is 34.1. The summed E-state index contributed by atoms with van der Waals surface area (Å²) in [6.07, 6.45) is -32.1. The summed E-state index contributed by atoms with van der Waals surface area (Å²) in [5.41, 5.74) is 0. The molecule has 1 unspecified atom stereocenters. The molecule has 12 N–H and O–H groups in total. The maximum absolute atomic E-state index is 10.9. The molecule has 0 spiro atoms. The molecule has 246 valence electrons. The van der Waals surface area contributed by atoms with Gasteiger partial charge in [0.15, 0.2) is 25.2 Å². The van der Waals surface area contributed by atoms with Crippen molar-refractivity contribution < 1.29 is 94.4 Å². The molecule has 19 nitrogen and oxygen atoms in total. The third-order valence-corrected chi connectivity index (χ3v) is 7.77. The second kappa shape index (κ2) is 14.1. The lowest BCUT2D eigenvalue weighted by molar-refractivity contribution is -0.396. The third kappa shape index (κ3) is 6.74. The number of hydrogen-bond acceptors (Lipinski definition) is 19. The summed E-state index contributed by atoms with van der Waals surface area (Å²) >= 11 is 0. The number of hydrogen-bond donors (Lipinski definition) is 12. The van der Waals surface area contributed by atoms with E-state index < -0.39 is 137 Å². The van der Waals surface area contributed by atoms with Crippen LogP contribution in [0.25, 0.3) is 0 Å². The molecule has 4 heterocycles. The molecule has 4 fully saturated rings. The van der Waals surface area contributed by atoms with Gasteiger partial charge in [0, 0.05) is 0 Å². The number of ether oxygens (including phenoxy) is 7. The van der Waals surface area contributed by atoms with E-state index in [1.54, 1.807) is 0 Å². The average Bonchev–Trinajstić information content (AvgIpc) is 2.97. The van der Waals surface area contributed by atoms with E-state index in [1.165, 1.54) is 6.92 Å². The molecule has 19 atom stereocenters. The summed E-state index contributed by atoms with van der Waals surface area (Å²) in [5, 5.41) is 123. The van der Waals surface area contributed by atoms with Crippen LogP contribution in [0.5, 0.6) is 0 Å². The lowest BCUT2D eigenvalue weighted by atomic mass is 9.96. The SMILES string of the molecule is C[C@@H]1O[C@@H](O[C@H]2[C@H](O[C@H]3[C@H](O[C@@H]4OC[C@@H](O)[C@H](O)[C@H]4O)[C@@H](CO)OC(O)[C@@H]3O)O[C@H](CO)[C@@H](O)[C@@H]2O)[C@H](O)[C@H](O)[C@H]1O. The van der Waals surface area contributed by atoms with E-state index in [2.05, 4.69) is 0 Å². The van der Waals surface area contributed by atoms with Gasteiger partial charge in [0.2, 0.25) is 0 Å². The van der Waals surface area contributed by atoms with Crippen molar-refractivity contribution in [2.45, 2.75) is 124 Å². The Morgan fingerprint density at radius 1 is 0.524 bits per heavy atom. The van der Waals surface area contributed by atoms with Crippen LogP contribution in [-0.2, 0) is 33.2 Å². The zero-order valence-electron chi connectivity index (χ0n) is 22.3. The number of aliphatic hydroxyl groups is 12. The Balaban J connectivity index is 1.61. The first-order chi connectivity index (χ1) is 19.8. The highest BCUT2D eigenvalue weighted by Gasteiger charge is 2.55. The molecule has 0 saturated carbocycles. The Kier molecular flexibility index (Phi) is 11.5. The van der Waals surface area contributed by atoms with Gasteiger partial charge >= 0.3 is 0 Å². The van der Waals surface area contributed by atoms with Gasteiger partial charge < -0.3 is 94.4 Å². The quantitative estimate of drug-likeness (QED) is 0.120. The van der Waals surface area contributed by atoms with Crippen LogP contribution in [0, 0.1) is 0 Å². The fourth-order valence-electron chi connectivity index (χ4n) is 5.18. The Morgan fingerprint density at radius 3 is 1.76 bits per heavy atom. The second-order valence-electron chi connectivity index (χ2n) is 10.7. The molecule has 42 heavy (non-hydrogen) atoms. The predicted molar refractivity (Wildman–Crippen MR) is 126 cm³/mol. The van der Waals surface area contributed by atoms with Crippen molar-refractivity contribution >= 4 is 0 Å². The predicted octanol–water partition coefficient (Wildman–Crippen LogP) is -8.08. The van der Waals surface area contributed by atoms with E-state index in [-0.39, 0.29) is 0 Å². The highest BCUT2D eigenvalue weighted by molar-refractivity contribution is 4.97. The average molecular weight is 621 g/mol. The summed E-state index contributed by atoms with van der Waals surface area (Å²) in [6.45, 7) is -0.781. The number of rotatable bonds is 8. The van der Waals surface area contributed by atoms with Crippen LogP contribution < -0.4 is 0 Å². The van der Waals surface area contributed by atoms with Crippen molar-refractivity contribution in [2.75, 3.05) is 19.8 Å². The van der Waals surface area contributed by atoms with Gasteiger partial charge in [-0.3, -0.25) is 0 Å². The van der Waals surface area contributed by atoms with E-state index in [9.17, 15) is 61.3 Å². The highest BCUT2D eigenvalue weighted by Crippen LogP contribution is 2.34. The summed E-state index contributed by atoms with van der Waals surface area (Å²) in [4.78, 5) is 0. The molecular weight excluding hydrogens is 580 g/mol. The van der Waals surface area contributed by atoms with Crippen LogP contribution in [0.3, 0.4) is 0 Å². The smallest absolute Gasteiger partial charge is 0.187 e. The second-order valence-corrected chi connectivity index (χ2v) is 10.7. The minimum absolute atomic E-state index is 0.469. The van der Waals surface area contributed by atoms with Gasteiger partial charge in [0.25, 0.3) is 0 Å². The van der Waals surface area contributed by atoms with Crippen LogP contribution in [0.2, 0.25) is 0 Å². The van der Waals surface area contributed by atoms with Crippen LogP contribution in [0.1, 0.15) is 6.92 Å². The zero-order valence-corrected chi connectivity index (χ0v) is 22.3. The van der Waals surface area contributed by atoms with Crippen molar-refractivity contribution in [3.8, 4) is 0 Å². The first-order valence-corrected chi connectivity index (χ1v) is 13.4. The lowest BCUT2D eigenvalue weighted by Crippen LogP contribution is -2.67. The van der Waals surface area contributed by atoms with Crippen molar-refractivity contribution in [1.29, 1.82) is 0 Å². The largest absolute Gasteiger partial charge is 0.394 e. The molecule has 0 aromatic rings. The summed E-state index contributed by atoms with van der Waals surface area (Å²) in [6, 6.07) is 0. The molecule has 0 aromatic carbocycles. The maximum atomic E-state index is 10.9. The van der Waals surface area contributed by atoms with E-state index in [0.717, 1.165) is 0 Å².